The average Bonchev–Trinajstić information content (AvgIpc) is 2.80. The Morgan fingerprint density at radius 3 is 2.28 bits per heavy atom. The van der Waals surface area contributed by atoms with E-state index < -0.39 is 11.6 Å². The van der Waals surface area contributed by atoms with Gasteiger partial charge in [0.1, 0.15) is 11.8 Å². The Labute approximate surface area is 219 Å². The molecule has 0 aliphatic carbocycles. The van der Waals surface area contributed by atoms with Gasteiger partial charge in [-0.1, -0.05) is 71.8 Å². The molecule has 0 aliphatic rings. The molecule has 190 valence electrons. The average molecular weight is 507 g/mol. The van der Waals surface area contributed by atoms with Crippen LogP contribution >= 0.6 is 11.6 Å². The second-order valence-electron chi connectivity index (χ2n) is 10.2. The van der Waals surface area contributed by atoms with Crippen LogP contribution in [0.15, 0.2) is 72.8 Å². The fourth-order valence-electron chi connectivity index (χ4n) is 4.02. The van der Waals surface area contributed by atoms with Gasteiger partial charge in [0.05, 0.1) is 0 Å². The number of halogens is 1. The van der Waals surface area contributed by atoms with E-state index in [0.717, 1.165) is 22.3 Å². The van der Waals surface area contributed by atoms with Crippen LogP contribution in [0.1, 0.15) is 43.0 Å². The van der Waals surface area contributed by atoms with E-state index in [4.69, 9.17) is 16.3 Å². The molecule has 0 saturated heterocycles. The van der Waals surface area contributed by atoms with Crippen molar-refractivity contribution in [3.05, 3.63) is 100 Å². The zero-order valence-corrected chi connectivity index (χ0v) is 22.4. The molecule has 0 radical (unpaired) electrons. The van der Waals surface area contributed by atoms with Gasteiger partial charge >= 0.3 is 0 Å². The molecule has 0 fully saturated rings. The summed E-state index contributed by atoms with van der Waals surface area (Å²) in [6, 6.07) is 22.2. The Balaban J connectivity index is 1.94. The molecule has 2 amide bonds. The van der Waals surface area contributed by atoms with E-state index in [2.05, 4.69) is 5.32 Å². The third-order valence-corrected chi connectivity index (χ3v) is 5.93. The Hall–Kier alpha value is -3.31. The van der Waals surface area contributed by atoms with Crippen molar-refractivity contribution < 1.29 is 14.3 Å². The summed E-state index contributed by atoms with van der Waals surface area (Å²) >= 11 is 6.23. The number of nitrogens with zero attached hydrogens (tertiary/aromatic N) is 1. The molecule has 0 saturated carbocycles. The van der Waals surface area contributed by atoms with Gasteiger partial charge in [-0.05, 0) is 69.5 Å². The lowest BCUT2D eigenvalue weighted by Crippen LogP contribution is -2.55. The summed E-state index contributed by atoms with van der Waals surface area (Å²) in [5.41, 5.74) is 3.42. The number of carbonyl (C=O) groups excluding carboxylic acids is 2. The first kappa shape index (κ1) is 27.3. The van der Waals surface area contributed by atoms with Crippen molar-refractivity contribution in [2.24, 2.45) is 0 Å². The first-order valence-corrected chi connectivity index (χ1v) is 12.5. The monoisotopic (exact) mass is 506 g/mol. The van der Waals surface area contributed by atoms with Gasteiger partial charge in [-0.25, -0.2) is 0 Å². The highest BCUT2D eigenvalue weighted by Gasteiger charge is 2.32. The molecule has 0 heterocycles. The van der Waals surface area contributed by atoms with Crippen LogP contribution in [0, 0.1) is 13.8 Å². The van der Waals surface area contributed by atoms with Crippen molar-refractivity contribution in [2.75, 3.05) is 6.61 Å². The Kier molecular flexibility index (Phi) is 9.16. The summed E-state index contributed by atoms with van der Waals surface area (Å²) in [5.74, 6) is 0.156. The van der Waals surface area contributed by atoms with Gasteiger partial charge in [0.25, 0.3) is 5.91 Å². The van der Waals surface area contributed by atoms with Gasteiger partial charge in [-0.2, -0.15) is 0 Å². The van der Waals surface area contributed by atoms with E-state index >= 15 is 0 Å². The molecule has 0 aromatic heterocycles. The lowest BCUT2D eigenvalue weighted by molar-refractivity contribution is -0.143. The molecule has 3 aromatic rings. The molecule has 5 nitrogen and oxygen atoms in total. The highest BCUT2D eigenvalue weighted by Crippen LogP contribution is 2.21. The Bertz CT molecular complexity index is 1190. The van der Waals surface area contributed by atoms with Crippen molar-refractivity contribution in [3.8, 4) is 5.75 Å². The standard InChI is InChI=1S/C30H35ClN2O3/c1-21-14-15-27(22(2)16-21)36-20-28(34)33(19-24-12-9-13-25(31)17-24)26(29(35)32-30(3,4)5)18-23-10-7-6-8-11-23/h6-17,26H,18-20H2,1-5H3,(H,32,35). The molecule has 6 heteroatoms. The van der Waals surface area contributed by atoms with E-state index in [9.17, 15) is 9.59 Å². The van der Waals surface area contributed by atoms with Crippen LogP contribution in [0.5, 0.6) is 5.75 Å². The summed E-state index contributed by atoms with van der Waals surface area (Å²) in [6.07, 6.45) is 0.374. The van der Waals surface area contributed by atoms with E-state index in [0.29, 0.717) is 17.2 Å². The summed E-state index contributed by atoms with van der Waals surface area (Å²) in [7, 11) is 0. The fourth-order valence-corrected chi connectivity index (χ4v) is 4.24. The van der Waals surface area contributed by atoms with Crippen LogP contribution < -0.4 is 10.1 Å². The molecule has 0 aliphatic heterocycles. The number of hydrogen-bond donors (Lipinski definition) is 1. The molecule has 0 bridgehead atoms. The Morgan fingerprint density at radius 1 is 0.944 bits per heavy atom. The number of rotatable bonds is 9. The zero-order chi connectivity index (χ0) is 26.3. The van der Waals surface area contributed by atoms with Gasteiger partial charge in [-0.15, -0.1) is 0 Å². The number of benzene rings is 3. The number of ether oxygens (including phenoxy) is 1. The second kappa shape index (κ2) is 12.1. The topological polar surface area (TPSA) is 58.6 Å². The number of nitrogens with one attached hydrogen (secondary N) is 1. The van der Waals surface area contributed by atoms with E-state index in [1.807, 2.05) is 101 Å². The first-order chi connectivity index (χ1) is 17.0. The lowest BCUT2D eigenvalue weighted by Gasteiger charge is -2.33. The maximum Gasteiger partial charge on any atom is 0.261 e. The normalized spacial score (nSPS) is 12.1. The van der Waals surface area contributed by atoms with E-state index in [1.54, 1.807) is 11.0 Å². The SMILES string of the molecule is Cc1ccc(OCC(=O)N(Cc2cccc(Cl)c2)C(Cc2ccccc2)C(=O)NC(C)(C)C)c(C)c1. The van der Waals surface area contributed by atoms with E-state index in [-0.39, 0.29) is 25.0 Å². The van der Waals surface area contributed by atoms with Crippen molar-refractivity contribution in [1.29, 1.82) is 0 Å². The Morgan fingerprint density at radius 2 is 1.64 bits per heavy atom. The van der Waals surface area contributed by atoms with Gasteiger partial charge in [0.15, 0.2) is 6.61 Å². The van der Waals surface area contributed by atoms with Crippen molar-refractivity contribution in [2.45, 2.75) is 59.2 Å². The van der Waals surface area contributed by atoms with Crippen LogP contribution in [-0.2, 0) is 22.6 Å². The molecule has 1 atom stereocenters. The molecular formula is C30H35ClN2O3. The third-order valence-electron chi connectivity index (χ3n) is 5.69. The molecule has 36 heavy (non-hydrogen) atoms. The number of aryl methyl sites for hydroxylation is 2. The van der Waals surface area contributed by atoms with Gasteiger partial charge in [0.2, 0.25) is 5.91 Å². The summed E-state index contributed by atoms with van der Waals surface area (Å²) in [4.78, 5) is 28.8. The van der Waals surface area contributed by atoms with Crippen LogP contribution in [0.2, 0.25) is 5.02 Å². The summed E-state index contributed by atoms with van der Waals surface area (Å²) in [6.45, 7) is 9.79. The minimum atomic E-state index is -0.735. The van der Waals surface area contributed by atoms with Crippen LogP contribution in [0.3, 0.4) is 0 Å². The van der Waals surface area contributed by atoms with Gasteiger partial charge < -0.3 is 15.0 Å². The molecule has 3 aromatic carbocycles. The highest BCUT2D eigenvalue weighted by molar-refractivity contribution is 6.30. The van der Waals surface area contributed by atoms with Crippen molar-refractivity contribution in [3.63, 3.8) is 0 Å². The number of amides is 2. The highest BCUT2D eigenvalue weighted by atomic mass is 35.5. The molecular weight excluding hydrogens is 472 g/mol. The second-order valence-corrected chi connectivity index (χ2v) is 10.6. The maximum absolute atomic E-state index is 13.7. The van der Waals surface area contributed by atoms with Gasteiger partial charge in [0, 0.05) is 23.5 Å². The van der Waals surface area contributed by atoms with Crippen LogP contribution in [0.4, 0.5) is 0 Å². The van der Waals surface area contributed by atoms with Crippen LogP contribution in [0.25, 0.3) is 0 Å². The van der Waals surface area contributed by atoms with Gasteiger partial charge in [-0.3, -0.25) is 9.59 Å². The minimum absolute atomic E-state index is 0.182. The van der Waals surface area contributed by atoms with E-state index in [1.165, 1.54) is 0 Å². The van der Waals surface area contributed by atoms with Crippen molar-refractivity contribution in [1.82, 2.24) is 10.2 Å². The smallest absolute Gasteiger partial charge is 0.261 e. The fraction of sp³-hybridized carbons (Fsp3) is 0.333. The number of hydrogen-bond acceptors (Lipinski definition) is 3. The summed E-state index contributed by atoms with van der Waals surface area (Å²) < 4.78 is 5.93. The largest absolute Gasteiger partial charge is 0.483 e. The molecule has 0 spiro atoms. The van der Waals surface area contributed by atoms with Crippen molar-refractivity contribution >= 4 is 23.4 Å². The lowest BCUT2D eigenvalue weighted by atomic mass is 10.0. The molecule has 3 rings (SSSR count). The minimum Gasteiger partial charge on any atom is -0.483 e. The predicted molar refractivity (Wildman–Crippen MR) is 145 cm³/mol. The molecule has 1 unspecified atom stereocenters. The first-order valence-electron chi connectivity index (χ1n) is 12.1. The molecule has 1 N–H and O–H groups in total. The van der Waals surface area contributed by atoms with Crippen LogP contribution in [-0.4, -0.2) is 34.9 Å². The zero-order valence-electron chi connectivity index (χ0n) is 21.7. The third kappa shape index (κ3) is 8.13. The maximum atomic E-state index is 13.7. The summed E-state index contributed by atoms with van der Waals surface area (Å²) in [5, 5.41) is 3.64. The quantitative estimate of drug-likeness (QED) is 0.393. The number of carbonyl (C=O) groups is 2. The predicted octanol–water partition coefficient (Wildman–Crippen LogP) is 5.89.